The lowest BCUT2D eigenvalue weighted by Crippen LogP contribution is -2.52. The van der Waals surface area contributed by atoms with Gasteiger partial charge in [0.15, 0.2) is 0 Å². The van der Waals surface area contributed by atoms with Crippen molar-refractivity contribution in [3.05, 3.63) is 0 Å². The highest BCUT2D eigenvalue weighted by Gasteiger charge is 2.55. The minimum atomic E-state index is -0.690. The third-order valence-corrected chi connectivity index (χ3v) is 6.81. The van der Waals surface area contributed by atoms with E-state index < -0.39 is 11.0 Å². The maximum absolute atomic E-state index is 11.4. The van der Waals surface area contributed by atoms with Gasteiger partial charge >= 0.3 is 0 Å². The number of hydrogen-bond donors (Lipinski definition) is 1. The van der Waals surface area contributed by atoms with Gasteiger partial charge in [-0.1, -0.05) is 26.2 Å². The van der Waals surface area contributed by atoms with Gasteiger partial charge in [0.2, 0.25) is 0 Å². The summed E-state index contributed by atoms with van der Waals surface area (Å²) in [6.07, 6.45) is 13.6. The van der Waals surface area contributed by atoms with Crippen LogP contribution in [0.25, 0.3) is 0 Å². The van der Waals surface area contributed by atoms with Crippen LogP contribution in [0.3, 0.4) is 0 Å². The van der Waals surface area contributed by atoms with Gasteiger partial charge in [0.05, 0.1) is 17.1 Å². The number of aliphatic hydroxyl groups is 1. The van der Waals surface area contributed by atoms with Gasteiger partial charge in [0, 0.05) is 0 Å². The van der Waals surface area contributed by atoms with Crippen LogP contribution >= 0.6 is 0 Å². The molecule has 3 aliphatic carbocycles. The molecule has 0 heterocycles. The Morgan fingerprint density at radius 2 is 1.76 bits per heavy atom. The maximum Gasteiger partial charge on any atom is 0.0860 e. The Labute approximate surface area is 129 Å². The number of rotatable bonds is 4. The van der Waals surface area contributed by atoms with Crippen molar-refractivity contribution in [2.45, 2.75) is 89.6 Å². The highest BCUT2D eigenvalue weighted by Crippen LogP contribution is 2.56. The Hall–Kier alpha value is -0.550. The van der Waals surface area contributed by atoms with Crippen molar-refractivity contribution in [1.82, 2.24) is 0 Å². The highest BCUT2D eigenvalue weighted by atomic mass is 16.3. The molecule has 2 atom stereocenters. The quantitative estimate of drug-likeness (QED) is 0.806. The second-order valence-corrected chi connectivity index (χ2v) is 8.15. The minimum Gasteiger partial charge on any atom is -0.388 e. The van der Waals surface area contributed by atoms with Crippen LogP contribution in [0.1, 0.15) is 84.0 Å². The topological polar surface area (TPSA) is 44.0 Å². The lowest BCUT2D eigenvalue weighted by Gasteiger charge is -2.50. The molecular weight excluding hydrogens is 258 g/mol. The molecule has 1 N–H and O–H groups in total. The Morgan fingerprint density at radius 3 is 2.33 bits per heavy atom. The molecule has 2 heteroatoms. The average molecular weight is 289 g/mol. The normalized spacial score (nSPS) is 44.2. The fourth-order valence-electron chi connectivity index (χ4n) is 5.25. The molecule has 3 rings (SSSR count). The zero-order chi connectivity index (χ0) is 14.9. The van der Waals surface area contributed by atoms with Crippen molar-refractivity contribution >= 4 is 0 Å². The van der Waals surface area contributed by atoms with Crippen molar-refractivity contribution in [3.63, 3.8) is 0 Å². The summed E-state index contributed by atoms with van der Waals surface area (Å²) < 4.78 is 0. The van der Waals surface area contributed by atoms with Gasteiger partial charge in [-0.2, -0.15) is 5.26 Å². The van der Waals surface area contributed by atoms with Gasteiger partial charge < -0.3 is 5.11 Å². The Bertz CT molecular complexity index is 400. The van der Waals surface area contributed by atoms with E-state index in [1.807, 2.05) is 0 Å². The van der Waals surface area contributed by atoms with Gasteiger partial charge in [0.25, 0.3) is 0 Å². The predicted molar refractivity (Wildman–Crippen MR) is 84.5 cm³/mol. The number of nitriles is 1. The minimum absolute atomic E-state index is 0.440. The van der Waals surface area contributed by atoms with E-state index in [-0.39, 0.29) is 0 Å². The van der Waals surface area contributed by atoms with Gasteiger partial charge in [-0.3, -0.25) is 0 Å². The second kappa shape index (κ2) is 5.92. The van der Waals surface area contributed by atoms with E-state index in [0.717, 1.165) is 56.8 Å². The first-order valence-corrected chi connectivity index (χ1v) is 9.26. The Balaban J connectivity index is 1.71. The summed E-state index contributed by atoms with van der Waals surface area (Å²) in [5.74, 6) is 2.36. The molecule has 118 valence electrons. The molecular formula is C19H31NO. The lowest BCUT2D eigenvalue weighted by atomic mass is 9.56. The smallest absolute Gasteiger partial charge is 0.0860 e. The molecule has 0 saturated heterocycles. The highest BCUT2D eigenvalue weighted by molar-refractivity contribution is 5.15. The molecule has 3 aliphatic rings. The first kappa shape index (κ1) is 15.3. The molecule has 0 aromatic heterocycles. The van der Waals surface area contributed by atoms with Gasteiger partial charge in [-0.15, -0.1) is 0 Å². The third-order valence-electron chi connectivity index (χ3n) is 6.81. The van der Waals surface area contributed by atoms with Crippen LogP contribution in [0.15, 0.2) is 0 Å². The van der Waals surface area contributed by atoms with Crippen molar-refractivity contribution in [1.29, 1.82) is 5.26 Å². The third kappa shape index (κ3) is 2.87. The molecule has 0 aliphatic heterocycles. The zero-order valence-electron chi connectivity index (χ0n) is 13.6. The van der Waals surface area contributed by atoms with E-state index in [9.17, 15) is 10.4 Å². The lowest BCUT2D eigenvalue weighted by molar-refractivity contribution is -0.116. The summed E-state index contributed by atoms with van der Waals surface area (Å²) in [4.78, 5) is 0. The van der Waals surface area contributed by atoms with Crippen LogP contribution in [0.2, 0.25) is 0 Å². The number of hydrogen-bond acceptors (Lipinski definition) is 2. The molecule has 0 amide bonds. The van der Waals surface area contributed by atoms with Gasteiger partial charge in [0.1, 0.15) is 0 Å². The van der Waals surface area contributed by atoms with Crippen LogP contribution in [-0.4, -0.2) is 10.7 Å². The molecule has 2 nitrogen and oxygen atoms in total. The zero-order valence-corrected chi connectivity index (χ0v) is 13.6. The standard InChI is InChI=1S/C19H31NO/c1-2-4-15-8-11-18(14-20,12-9-15)19(21)10-3-5-17(13-19)16-6-7-16/h15-17,21H,2-13H2,1H3. The van der Waals surface area contributed by atoms with E-state index in [1.54, 1.807) is 0 Å². The van der Waals surface area contributed by atoms with Crippen LogP contribution < -0.4 is 0 Å². The van der Waals surface area contributed by atoms with Crippen molar-refractivity contribution in [2.75, 3.05) is 0 Å². The van der Waals surface area contributed by atoms with Crippen LogP contribution in [0.5, 0.6) is 0 Å². The summed E-state index contributed by atoms with van der Waals surface area (Å²) in [5.41, 5.74) is -1.13. The average Bonchev–Trinajstić information content (AvgIpc) is 3.33. The van der Waals surface area contributed by atoms with Crippen molar-refractivity contribution in [2.24, 2.45) is 23.2 Å². The molecule has 2 unspecified atom stereocenters. The summed E-state index contributed by atoms with van der Waals surface area (Å²) in [7, 11) is 0. The van der Waals surface area contributed by atoms with Crippen LogP contribution in [0.4, 0.5) is 0 Å². The fourth-order valence-corrected chi connectivity index (χ4v) is 5.25. The van der Waals surface area contributed by atoms with Crippen molar-refractivity contribution < 1.29 is 5.11 Å². The first-order chi connectivity index (χ1) is 10.1. The monoisotopic (exact) mass is 289 g/mol. The molecule has 21 heavy (non-hydrogen) atoms. The summed E-state index contributed by atoms with van der Waals surface area (Å²) >= 11 is 0. The van der Waals surface area contributed by atoms with Gasteiger partial charge in [-0.25, -0.2) is 0 Å². The largest absolute Gasteiger partial charge is 0.388 e. The van der Waals surface area contributed by atoms with E-state index in [4.69, 9.17) is 0 Å². The fraction of sp³-hybridized carbons (Fsp3) is 0.947. The Kier molecular flexibility index (Phi) is 4.33. The van der Waals surface area contributed by atoms with E-state index >= 15 is 0 Å². The first-order valence-electron chi connectivity index (χ1n) is 9.26. The van der Waals surface area contributed by atoms with Gasteiger partial charge in [-0.05, 0) is 75.5 Å². The molecule has 0 radical (unpaired) electrons. The van der Waals surface area contributed by atoms with Crippen molar-refractivity contribution in [3.8, 4) is 6.07 Å². The summed E-state index contributed by atoms with van der Waals surface area (Å²) in [5, 5.41) is 21.3. The Morgan fingerprint density at radius 1 is 1.05 bits per heavy atom. The molecule has 0 aromatic carbocycles. The van der Waals surface area contributed by atoms with Crippen LogP contribution in [0, 0.1) is 34.5 Å². The molecule has 0 aromatic rings. The molecule has 0 spiro atoms. The van der Waals surface area contributed by atoms with E-state index in [1.165, 1.54) is 32.1 Å². The van der Waals surface area contributed by atoms with Crippen LogP contribution in [-0.2, 0) is 0 Å². The number of nitrogens with zero attached hydrogens (tertiary/aromatic N) is 1. The maximum atomic E-state index is 11.4. The SMILES string of the molecule is CCCC1CCC(C#N)(C2(O)CCCC(C3CC3)C2)CC1. The molecule has 3 fully saturated rings. The van der Waals surface area contributed by atoms with E-state index in [2.05, 4.69) is 13.0 Å². The summed E-state index contributed by atoms with van der Waals surface area (Å²) in [6, 6.07) is 2.62. The summed E-state index contributed by atoms with van der Waals surface area (Å²) in [6.45, 7) is 2.25. The molecule has 3 saturated carbocycles. The van der Waals surface area contributed by atoms with E-state index in [0.29, 0.717) is 5.92 Å². The second-order valence-electron chi connectivity index (χ2n) is 8.15. The molecule has 0 bridgehead atoms. The predicted octanol–water partition coefficient (Wildman–Crippen LogP) is 4.82.